The van der Waals surface area contributed by atoms with Crippen LogP contribution in [0.2, 0.25) is 0 Å². The number of carbonyl (C=O) groups is 1. The van der Waals surface area contributed by atoms with Gasteiger partial charge in [-0.2, -0.15) is 0 Å². The summed E-state index contributed by atoms with van der Waals surface area (Å²) in [6.45, 7) is 8.00. The van der Waals surface area contributed by atoms with Gasteiger partial charge in [0.1, 0.15) is 24.3 Å². The van der Waals surface area contributed by atoms with E-state index < -0.39 is 11.5 Å². The smallest absolute Gasteiger partial charge is 0.303 e. The second kappa shape index (κ2) is 8.65. The lowest BCUT2D eigenvalue weighted by molar-refractivity contribution is -0.154. The fourth-order valence-corrected chi connectivity index (χ4v) is 4.38. The monoisotopic (exact) mass is 433 g/mol. The molecule has 0 spiro atoms. The molecule has 0 radical (unpaired) electrons. The SMILES string of the molecule is CC(=O)O[C@H]1c2cc(C)ccc2N[C@@H](c2ccccc2OCc2ccc(F)cc2)C1(C)C. The van der Waals surface area contributed by atoms with Crippen molar-refractivity contribution in [3.8, 4) is 5.75 Å². The van der Waals surface area contributed by atoms with E-state index in [1.54, 1.807) is 12.1 Å². The molecule has 0 saturated heterocycles. The van der Waals surface area contributed by atoms with E-state index in [1.165, 1.54) is 19.1 Å². The van der Waals surface area contributed by atoms with Crippen LogP contribution in [0.25, 0.3) is 0 Å². The second-order valence-corrected chi connectivity index (χ2v) is 8.93. The highest BCUT2D eigenvalue weighted by atomic mass is 19.1. The minimum Gasteiger partial charge on any atom is -0.489 e. The highest BCUT2D eigenvalue weighted by molar-refractivity contribution is 5.68. The molecule has 3 aromatic rings. The molecule has 0 aromatic heterocycles. The normalized spacial score (nSPS) is 18.9. The second-order valence-electron chi connectivity index (χ2n) is 8.93. The molecule has 3 aromatic carbocycles. The number of esters is 1. The van der Waals surface area contributed by atoms with E-state index in [9.17, 15) is 9.18 Å². The number of benzene rings is 3. The maximum Gasteiger partial charge on any atom is 0.303 e. The van der Waals surface area contributed by atoms with Crippen LogP contribution < -0.4 is 10.1 Å². The summed E-state index contributed by atoms with van der Waals surface area (Å²) in [6.07, 6.45) is -0.411. The molecule has 1 aliphatic rings. The zero-order valence-electron chi connectivity index (χ0n) is 18.8. The molecule has 5 heteroatoms. The van der Waals surface area contributed by atoms with Crippen molar-refractivity contribution >= 4 is 11.7 Å². The third kappa shape index (κ3) is 4.33. The molecule has 0 bridgehead atoms. The Hall–Kier alpha value is -3.34. The highest BCUT2D eigenvalue weighted by Gasteiger charge is 2.46. The van der Waals surface area contributed by atoms with Gasteiger partial charge in [0.05, 0.1) is 6.04 Å². The molecule has 166 valence electrons. The van der Waals surface area contributed by atoms with E-state index in [0.29, 0.717) is 6.61 Å². The van der Waals surface area contributed by atoms with Gasteiger partial charge >= 0.3 is 5.97 Å². The van der Waals surface area contributed by atoms with E-state index >= 15 is 0 Å². The molecule has 0 unspecified atom stereocenters. The Morgan fingerprint density at radius 3 is 2.47 bits per heavy atom. The summed E-state index contributed by atoms with van der Waals surface area (Å²) in [5.74, 6) is 0.157. The predicted molar refractivity (Wildman–Crippen MR) is 123 cm³/mol. The molecule has 0 saturated carbocycles. The number of hydrogen-bond donors (Lipinski definition) is 1. The number of rotatable bonds is 5. The number of nitrogens with one attached hydrogen (secondary N) is 1. The van der Waals surface area contributed by atoms with E-state index in [0.717, 1.165) is 33.7 Å². The first-order chi connectivity index (χ1) is 15.3. The molecule has 2 atom stereocenters. The molecule has 0 fully saturated rings. The first kappa shape index (κ1) is 21.9. The molecule has 32 heavy (non-hydrogen) atoms. The van der Waals surface area contributed by atoms with E-state index in [4.69, 9.17) is 9.47 Å². The molecular formula is C27H28FNO3. The first-order valence-electron chi connectivity index (χ1n) is 10.8. The number of hydrogen-bond acceptors (Lipinski definition) is 4. The van der Waals surface area contributed by atoms with Crippen LogP contribution in [0, 0.1) is 18.2 Å². The third-order valence-electron chi connectivity index (χ3n) is 6.03. The number of ether oxygens (including phenoxy) is 2. The number of aryl methyl sites for hydroxylation is 1. The van der Waals surface area contributed by atoms with E-state index in [1.807, 2.05) is 43.3 Å². The fraction of sp³-hybridized carbons (Fsp3) is 0.296. The number of anilines is 1. The van der Waals surface area contributed by atoms with Crippen LogP contribution in [0.5, 0.6) is 5.75 Å². The van der Waals surface area contributed by atoms with Gasteiger partial charge in [0, 0.05) is 29.2 Å². The maximum atomic E-state index is 13.2. The summed E-state index contributed by atoms with van der Waals surface area (Å²) in [7, 11) is 0. The van der Waals surface area contributed by atoms with Crippen molar-refractivity contribution in [2.45, 2.75) is 46.4 Å². The lowest BCUT2D eigenvalue weighted by Gasteiger charge is -2.46. The van der Waals surface area contributed by atoms with Gasteiger partial charge in [0.25, 0.3) is 0 Å². The van der Waals surface area contributed by atoms with Crippen LogP contribution in [-0.2, 0) is 16.1 Å². The summed E-state index contributed by atoms with van der Waals surface area (Å²) in [6, 6.07) is 20.2. The van der Waals surface area contributed by atoms with Crippen LogP contribution in [-0.4, -0.2) is 5.97 Å². The van der Waals surface area contributed by atoms with Crippen molar-refractivity contribution in [1.29, 1.82) is 0 Å². The molecule has 1 heterocycles. The van der Waals surface area contributed by atoms with Gasteiger partial charge in [-0.25, -0.2) is 4.39 Å². The zero-order valence-corrected chi connectivity index (χ0v) is 18.8. The molecular weight excluding hydrogens is 405 g/mol. The van der Waals surface area contributed by atoms with Crippen molar-refractivity contribution in [1.82, 2.24) is 0 Å². The van der Waals surface area contributed by atoms with Gasteiger partial charge in [-0.05, 0) is 36.8 Å². The van der Waals surface area contributed by atoms with Crippen LogP contribution in [0.3, 0.4) is 0 Å². The summed E-state index contributed by atoms with van der Waals surface area (Å²) < 4.78 is 25.3. The average Bonchev–Trinajstić information content (AvgIpc) is 2.75. The van der Waals surface area contributed by atoms with Crippen molar-refractivity contribution in [3.63, 3.8) is 0 Å². The quantitative estimate of drug-likeness (QED) is 0.466. The minimum atomic E-state index is -0.457. The largest absolute Gasteiger partial charge is 0.489 e. The molecule has 0 amide bonds. The number of para-hydroxylation sites is 1. The molecule has 1 N–H and O–H groups in total. The lowest BCUT2D eigenvalue weighted by atomic mass is 9.70. The summed E-state index contributed by atoms with van der Waals surface area (Å²) >= 11 is 0. The van der Waals surface area contributed by atoms with Crippen LogP contribution in [0.15, 0.2) is 66.7 Å². The Morgan fingerprint density at radius 1 is 1.03 bits per heavy atom. The average molecular weight is 434 g/mol. The third-order valence-corrected chi connectivity index (χ3v) is 6.03. The van der Waals surface area contributed by atoms with Crippen molar-refractivity contribution in [2.75, 3.05) is 5.32 Å². The van der Waals surface area contributed by atoms with Crippen molar-refractivity contribution in [2.24, 2.45) is 5.41 Å². The van der Waals surface area contributed by atoms with Gasteiger partial charge in [-0.3, -0.25) is 4.79 Å². The molecule has 0 aliphatic carbocycles. The van der Waals surface area contributed by atoms with Crippen LogP contribution >= 0.6 is 0 Å². The first-order valence-corrected chi connectivity index (χ1v) is 10.8. The van der Waals surface area contributed by atoms with Gasteiger partial charge < -0.3 is 14.8 Å². The Kier molecular flexibility index (Phi) is 5.92. The van der Waals surface area contributed by atoms with Gasteiger partial charge in [-0.1, -0.05) is 61.9 Å². The highest BCUT2D eigenvalue weighted by Crippen LogP contribution is 2.54. The van der Waals surface area contributed by atoms with Crippen molar-refractivity contribution in [3.05, 3.63) is 94.8 Å². The Balaban J connectivity index is 1.70. The Labute approximate surface area is 188 Å². The molecule has 4 rings (SSSR count). The number of halogens is 1. The minimum absolute atomic E-state index is 0.161. The van der Waals surface area contributed by atoms with E-state index in [2.05, 4.69) is 25.2 Å². The summed E-state index contributed by atoms with van der Waals surface area (Å²) in [4.78, 5) is 12.0. The standard InChI is InChI=1S/C27H28FNO3/c1-17-9-14-23-22(15-17)26(32-18(2)30)27(3,4)25(29-23)21-7-5-6-8-24(21)31-16-19-10-12-20(28)13-11-19/h5-15,25-26,29H,16H2,1-4H3/t25-,26-/m0/s1. The lowest BCUT2D eigenvalue weighted by Crippen LogP contribution is -2.40. The molecule has 1 aliphatic heterocycles. The van der Waals surface area contributed by atoms with E-state index in [-0.39, 0.29) is 17.8 Å². The molecule has 4 nitrogen and oxygen atoms in total. The van der Waals surface area contributed by atoms with Gasteiger partial charge in [-0.15, -0.1) is 0 Å². The van der Waals surface area contributed by atoms with Gasteiger partial charge in [0.15, 0.2) is 0 Å². The predicted octanol–water partition coefficient (Wildman–Crippen LogP) is 6.51. The zero-order chi connectivity index (χ0) is 22.9. The number of fused-ring (bicyclic) bond motifs is 1. The number of carbonyl (C=O) groups excluding carboxylic acids is 1. The fourth-order valence-electron chi connectivity index (χ4n) is 4.38. The van der Waals surface area contributed by atoms with Crippen LogP contribution in [0.1, 0.15) is 55.2 Å². The topological polar surface area (TPSA) is 47.6 Å². The Morgan fingerprint density at radius 2 is 1.75 bits per heavy atom. The van der Waals surface area contributed by atoms with Gasteiger partial charge in [0.2, 0.25) is 0 Å². The van der Waals surface area contributed by atoms with Crippen LogP contribution in [0.4, 0.5) is 10.1 Å². The maximum absolute atomic E-state index is 13.2. The summed E-state index contributed by atoms with van der Waals surface area (Å²) in [5, 5.41) is 3.66. The summed E-state index contributed by atoms with van der Waals surface area (Å²) in [5.41, 5.74) is 4.44. The van der Waals surface area contributed by atoms with Crippen molar-refractivity contribution < 1.29 is 18.7 Å². The Bertz CT molecular complexity index is 1120.